The van der Waals surface area contributed by atoms with Crippen LogP contribution in [-0.2, 0) is 4.79 Å². The summed E-state index contributed by atoms with van der Waals surface area (Å²) in [5.41, 5.74) is 0.444. The first-order valence-electron chi connectivity index (χ1n) is 6.46. The van der Waals surface area contributed by atoms with Crippen molar-refractivity contribution in [2.75, 3.05) is 13.1 Å². The molecule has 1 aromatic carbocycles. The van der Waals surface area contributed by atoms with Crippen molar-refractivity contribution in [3.05, 3.63) is 34.9 Å². The van der Waals surface area contributed by atoms with Crippen LogP contribution in [0.4, 0.5) is 4.79 Å². The molecule has 0 aromatic heterocycles. The molecule has 0 atom stereocenters. The number of carbonyl (C=O) groups is 3. The molecule has 2 fully saturated rings. The predicted octanol–water partition coefficient (Wildman–Crippen LogP) is 1.95. The molecule has 20 heavy (non-hydrogen) atoms. The molecule has 2 aliphatic rings. The number of amides is 3. The van der Waals surface area contributed by atoms with Gasteiger partial charge in [-0.15, -0.1) is 0 Å². The van der Waals surface area contributed by atoms with Gasteiger partial charge in [0.2, 0.25) is 0 Å². The maximum Gasteiger partial charge on any atom is 0.327 e. The summed E-state index contributed by atoms with van der Waals surface area (Å²) in [4.78, 5) is 38.6. The van der Waals surface area contributed by atoms with Crippen LogP contribution >= 0.6 is 11.6 Å². The van der Waals surface area contributed by atoms with Gasteiger partial charge in [-0.1, -0.05) is 11.6 Å². The lowest BCUT2D eigenvalue weighted by molar-refractivity contribution is -0.125. The summed E-state index contributed by atoms with van der Waals surface area (Å²) in [6.45, 7) is -0.111. The Labute approximate surface area is 121 Å². The monoisotopic (exact) mass is 292 g/mol. The molecule has 0 radical (unpaired) electrons. The van der Waals surface area contributed by atoms with Crippen molar-refractivity contribution < 1.29 is 14.4 Å². The number of nitrogens with zero attached hydrogens (tertiary/aromatic N) is 2. The molecule has 0 spiro atoms. The molecule has 1 heterocycles. The molecule has 0 N–H and O–H groups in total. The lowest BCUT2D eigenvalue weighted by Gasteiger charge is -2.15. The highest BCUT2D eigenvalue weighted by Gasteiger charge is 2.44. The minimum atomic E-state index is -0.347. The molecule has 3 rings (SSSR count). The van der Waals surface area contributed by atoms with E-state index in [1.807, 2.05) is 0 Å². The average molecular weight is 293 g/mol. The Hall–Kier alpha value is -1.88. The lowest BCUT2D eigenvalue weighted by atomic mass is 10.1. The third kappa shape index (κ3) is 2.41. The largest absolute Gasteiger partial charge is 0.327 e. The lowest BCUT2D eigenvalue weighted by Crippen LogP contribution is -2.37. The number of imide groups is 1. The molecule has 3 amide bonds. The molecular weight excluding hydrogens is 280 g/mol. The zero-order chi connectivity index (χ0) is 14.3. The van der Waals surface area contributed by atoms with Gasteiger partial charge in [0.15, 0.2) is 5.78 Å². The molecule has 1 aromatic rings. The van der Waals surface area contributed by atoms with Crippen molar-refractivity contribution in [3.63, 3.8) is 0 Å². The SMILES string of the molecule is O=C(CN1C(=O)CN(C2CC2)C1=O)c1ccc(Cl)cc1. The van der Waals surface area contributed by atoms with E-state index in [9.17, 15) is 14.4 Å². The number of hydrogen-bond acceptors (Lipinski definition) is 3. The molecule has 1 saturated heterocycles. The average Bonchev–Trinajstić information content (AvgIpc) is 3.22. The molecule has 0 bridgehead atoms. The van der Waals surface area contributed by atoms with E-state index in [2.05, 4.69) is 0 Å². The van der Waals surface area contributed by atoms with Crippen LogP contribution < -0.4 is 0 Å². The summed E-state index contributed by atoms with van der Waals surface area (Å²) >= 11 is 5.76. The van der Waals surface area contributed by atoms with Crippen LogP contribution in [-0.4, -0.2) is 46.7 Å². The fourth-order valence-electron chi connectivity index (χ4n) is 2.26. The second-order valence-corrected chi connectivity index (χ2v) is 5.49. The van der Waals surface area contributed by atoms with Gasteiger partial charge in [0, 0.05) is 16.6 Å². The van der Waals surface area contributed by atoms with E-state index in [4.69, 9.17) is 11.6 Å². The first-order chi connectivity index (χ1) is 9.56. The molecule has 5 nitrogen and oxygen atoms in total. The van der Waals surface area contributed by atoms with Crippen molar-refractivity contribution in [1.82, 2.24) is 9.80 Å². The van der Waals surface area contributed by atoms with Crippen molar-refractivity contribution in [3.8, 4) is 0 Å². The van der Waals surface area contributed by atoms with E-state index in [1.165, 1.54) is 0 Å². The van der Waals surface area contributed by atoms with Crippen molar-refractivity contribution in [2.24, 2.45) is 0 Å². The minimum Gasteiger partial charge on any atom is -0.312 e. The van der Waals surface area contributed by atoms with E-state index in [0.717, 1.165) is 17.7 Å². The standard InChI is InChI=1S/C14H13ClN2O3/c15-10-3-1-9(2-4-10)12(18)7-17-13(19)8-16(14(17)20)11-5-6-11/h1-4,11H,5-8H2. The van der Waals surface area contributed by atoms with Gasteiger partial charge >= 0.3 is 6.03 Å². The highest BCUT2D eigenvalue weighted by Crippen LogP contribution is 2.30. The second-order valence-electron chi connectivity index (χ2n) is 5.05. The Kier molecular flexibility index (Phi) is 3.22. The Morgan fingerprint density at radius 1 is 1.20 bits per heavy atom. The topological polar surface area (TPSA) is 57.7 Å². The third-order valence-corrected chi connectivity index (χ3v) is 3.79. The maximum atomic E-state index is 12.1. The van der Waals surface area contributed by atoms with Gasteiger partial charge in [0.1, 0.15) is 6.54 Å². The van der Waals surface area contributed by atoms with Gasteiger partial charge in [-0.3, -0.25) is 14.5 Å². The van der Waals surface area contributed by atoms with Gasteiger partial charge in [0.05, 0.1) is 6.54 Å². The Morgan fingerprint density at radius 2 is 1.85 bits per heavy atom. The summed E-state index contributed by atoms with van der Waals surface area (Å²) in [5, 5.41) is 0.537. The van der Waals surface area contributed by atoms with Crippen LogP contribution in [0.3, 0.4) is 0 Å². The normalized spacial score (nSPS) is 18.9. The summed E-state index contributed by atoms with van der Waals surface area (Å²) in [5.74, 6) is -0.565. The number of carbonyl (C=O) groups excluding carboxylic acids is 3. The van der Waals surface area contributed by atoms with Gasteiger partial charge in [-0.05, 0) is 37.1 Å². The smallest absolute Gasteiger partial charge is 0.312 e. The Bertz CT molecular complexity index is 581. The van der Waals surface area contributed by atoms with Crippen LogP contribution in [0, 0.1) is 0 Å². The highest BCUT2D eigenvalue weighted by molar-refractivity contribution is 6.30. The number of benzene rings is 1. The van der Waals surface area contributed by atoms with E-state index < -0.39 is 0 Å². The first-order valence-corrected chi connectivity index (χ1v) is 6.84. The fraction of sp³-hybridized carbons (Fsp3) is 0.357. The number of ketones is 1. The minimum absolute atomic E-state index is 0.0946. The van der Waals surface area contributed by atoms with Crippen LogP contribution in [0.25, 0.3) is 0 Å². The van der Waals surface area contributed by atoms with Crippen molar-refractivity contribution in [2.45, 2.75) is 18.9 Å². The van der Waals surface area contributed by atoms with Gasteiger partial charge in [0.25, 0.3) is 5.91 Å². The third-order valence-electron chi connectivity index (χ3n) is 3.54. The van der Waals surface area contributed by atoms with E-state index in [1.54, 1.807) is 29.2 Å². The van der Waals surface area contributed by atoms with E-state index in [-0.39, 0.29) is 36.9 Å². The summed E-state index contributed by atoms with van der Waals surface area (Å²) < 4.78 is 0. The molecule has 1 saturated carbocycles. The van der Waals surface area contributed by atoms with Crippen molar-refractivity contribution in [1.29, 1.82) is 0 Å². The second kappa shape index (κ2) is 4.90. The highest BCUT2D eigenvalue weighted by atomic mass is 35.5. The van der Waals surface area contributed by atoms with Crippen LogP contribution in [0.5, 0.6) is 0 Å². The maximum absolute atomic E-state index is 12.1. The van der Waals surface area contributed by atoms with Crippen LogP contribution in [0.1, 0.15) is 23.2 Å². The molecule has 1 aliphatic carbocycles. The number of hydrogen-bond donors (Lipinski definition) is 0. The Morgan fingerprint density at radius 3 is 2.45 bits per heavy atom. The fourth-order valence-corrected chi connectivity index (χ4v) is 2.38. The zero-order valence-electron chi connectivity index (χ0n) is 10.7. The van der Waals surface area contributed by atoms with Gasteiger partial charge in [-0.25, -0.2) is 4.79 Å². The number of halogens is 1. The van der Waals surface area contributed by atoms with Crippen LogP contribution in [0.2, 0.25) is 5.02 Å². The van der Waals surface area contributed by atoms with Gasteiger partial charge < -0.3 is 4.90 Å². The Balaban J connectivity index is 1.70. The van der Waals surface area contributed by atoms with Crippen molar-refractivity contribution >= 4 is 29.3 Å². The first kappa shape index (κ1) is 13.1. The quantitative estimate of drug-likeness (QED) is 0.629. The summed E-state index contributed by atoms with van der Waals surface area (Å²) in [6, 6.07) is 6.24. The van der Waals surface area contributed by atoms with Crippen LogP contribution in [0.15, 0.2) is 24.3 Å². The molecule has 0 unspecified atom stereocenters. The molecule has 104 valence electrons. The van der Waals surface area contributed by atoms with Gasteiger partial charge in [-0.2, -0.15) is 0 Å². The van der Waals surface area contributed by atoms with E-state index in [0.29, 0.717) is 10.6 Å². The zero-order valence-corrected chi connectivity index (χ0v) is 11.5. The number of urea groups is 1. The molecule has 6 heteroatoms. The number of Topliss-reactive ketones (excluding diaryl/α,β-unsaturated/α-hetero) is 1. The van der Waals surface area contributed by atoms with E-state index >= 15 is 0 Å². The number of rotatable bonds is 4. The summed E-state index contributed by atoms with van der Waals surface area (Å²) in [7, 11) is 0. The predicted molar refractivity (Wildman–Crippen MR) is 72.6 cm³/mol. The molecular formula is C14H13ClN2O3. The summed E-state index contributed by atoms with van der Waals surface area (Å²) in [6.07, 6.45) is 1.88. The molecule has 1 aliphatic heterocycles.